The zero-order chi connectivity index (χ0) is 48.4. The van der Waals surface area contributed by atoms with Gasteiger partial charge in [-0.15, -0.1) is 0 Å². The molecule has 12 heteroatoms. The van der Waals surface area contributed by atoms with Crippen molar-refractivity contribution < 1.29 is 52.2 Å². The number of hydrogen-bond donors (Lipinski definition) is 2. The molecule has 0 aliphatic rings. The molecule has 0 saturated heterocycles. The number of ether oxygens (including phenoxy) is 3. The highest BCUT2D eigenvalue weighted by molar-refractivity contribution is 7.47. The zero-order valence-corrected chi connectivity index (χ0v) is 42.0. The smallest absolute Gasteiger partial charge is 0.462 e. The summed E-state index contributed by atoms with van der Waals surface area (Å²) in [5.41, 5.74) is 0. The van der Waals surface area contributed by atoms with Gasteiger partial charge >= 0.3 is 25.7 Å². The van der Waals surface area contributed by atoms with Crippen molar-refractivity contribution in [3.8, 4) is 0 Å². The summed E-state index contributed by atoms with van der Waals surface area (Å²) in [5, 5.41) is 9.76. The Morgan fingerprint density at radius 3 is 1.23 bits per heavy atom. The van der Waals surface area contributed by atoms with Crippen LogP contribution < -0.4 is 0 Å². The Morgan fingerprint density at radius 2 is 0.788 bits per heavy atom. The molecule has 0 saturated carbocycles. The Balaban J connectivity index is 4.84. The number of allylic oxidation sites excluding steroid dienone is 16. The first-order valence-corrected chi connectivity index (χ1v) is 26.6. The Bertz CT molecular complexity index is 1480. The second-order valence-electron chi connectivity index (χ2n) is 16.2. The molecule has 66 heavy (non-hydrogen) atoms. The van der Waals surface area contributed by atoms with E-state index in [0.717, 1.165) is 128 Å². The van der Waals surface area contributed by atoms with Crippen LogP contribution in [0.4, 0.5) is 0 Å². The van der Waals surface area contributed by atoms with E-state index in [-0.39, 0.29) is 25.9 Å². The molecule has 3 atom stereocenters. The molecule has 0 aromatic carbocycles. The largest absolute Gasteiger partial charge is 0.472 e. The lowest BCUT2D eigenvalue weighted by Crippen LogP contribution is -2.30. The molecular formula is C54H89O11P. The molecule has 0 aliphatic heterocycles. The first-order chi connectivity index (χ1) is 32.2. The van der Waals surface area contributed by atoms with Gasteiger partial charge in [-0.25, -0.2) is 4.57 Å². The van der Waals surface area contributed by atoms with Crippen molar-refractivity contribution in [3.05, 3.63) is 97.2 Å². The number of phosphoric ester groups is 1. The number of esters is 3. The minimum atomic E-state index is -4.76. The third-order valence-electron chi connectivity index (χ3n) is 9.95. The number of hydrogen-bond acceptors (Lipinski definition) is 10. The van der Waals surface area contributed by atoms with Crippen molar-refractivity contribution in [2.24, 2.45) is 0 Å². The van der Waals surface area contributed by atoms with Gasteiger partial charge in [0.25, 0.3) is 0 Å². The molecule has 2 N–H and O–H groups in total. The topological polar surface area (TPSA) is 155 Å². The van der Waals surface area contributed by atoms with E-state index in [2.05, 4.69) is 118 Å². The quantitative estimate of drug-likeness (QED) is 0.0197. The minimum absolute atomic E-state index is 0.120. The minimum Gasteiger partial charge on any atom is -0.462 e. The van der Waals surface area contributed by atoms with E-state index in [9.17, 15) is 28.9 Å². The van der Waals surface area contributed by atoms with Gasteiger partial charge in [-0.2, -0.15) is 0 Å². The molecule has 0 aromatic heterocycles. The van der Waals surface area contributed by atoms with E-state index in [1.807, 2.05) is 0 Å². The molecule has 0 aromatic rings. The van der Waals surface area contributed by atoms with E-state index >= 15 is 0 Å². The van der Waals surface area contributed by atoms with Gasteiger partial charge in [-0.05, 0) is 109 Å². The summed E-state index contributed by atoms with van der Waals surface area (Å²) in [4.78, 5) is 48.2. The molecule has 0 amide bonds. The van der Waals surface area contributed by atoms with E-state index in [4.69, 9.17) is 23.3 Å². The number of aliphatic hydroxyl groups is 1. The first kappa shape index (κ1) is 62.4. The van der Waals surface area contributed by atoms with Crippen LogP contribution in [0, 0.1) is 0 Å². The van der Waals surface area contributed by atoms with E-state index in [0.29, 0.717) is 19.3 Å². The van der Waals surface area contributed by atoms with Gasteiger partial charge in [0, 0.05) is 19.3 Å². The lowest BCUT2D eigenvalue weighted by molar-refractivity contribution is -0.161. The molecule has 376 valence electrons. The Hall–Kier alpha value is -3.60. The third-order valence-corrected chi connectivity index (χ3v) is 10.9. The van der Waals surface area contributed by atoms with Gasteiger partial charge in [-0.1, -0.05) is 157 Å². The summed E-state index contributed by atoms with van der Waals surface area (Å²) in [6.45, 7) is 4.22. The van der Waals surface area contributed by atoms with E-state index < -0.39 is 57.8 Å². The molecule has 11 nitrogen and oxygen atoms in total. The van der Waals surface area contributed by atoms with Gasteiger partial charge in [0.15, 0.2) is 6.10 Å². The van der Waals surface area contributed by atoms with Gasteiger partial charge < -0.3 is 24.2 Å². The number of rotatable bonds is 45. The first-order valence-electron chi connectivity index (χ1n) is 25.1. The van der Waals surface area contributed by atoms with Gasteiger partial charge in [0.1, 0.15) is 12.7 Å². The number of aliphatic hydroxyl groups excluding tert-OH is 1. The van der Waals surface area contributed by atoms with Crippen molar-refractivity contribution in [3.63, 3.8) is 0 Å². The fourth-order valence-electron chi connectivity index (χ4n) is 6.18. The fourth-order valence-corrected chi connectivity index (χ4v) is 6.97. The summed E-state index contributed by atoms with van der Waals surface area (Å²) in [5.74, 6) is -1.56. The van der Waals surface area contributed by atoms with Crippen LogP contribution in [0.2, 0.25) is 0 Å². The second-order valence-corrected chi connectivity index (χ2v) is 17.7. The summed E-state index contributed by atoms with van der Waals surface area (Å²) in [7, 11) is -4.76. The number of carbonyl (C=O) groups excluding carboxylic acids is 3. The normalized spacial score (nSPS) is 14.3. The summed E-state index contributed by atoms with van der Waals surface area (Å²) in [6, 6.07) is 0. The van der Waals surface area contributed by atoms with Crippen LogP contribution in [0.3, 0.4) is 0 Å². The number of unbranched alkanes of at least 4 members (excludes halogenated alkanes) is 12. The highest BCUT2D eigenvalue weighted by Crippen LogP contribution is 2.43. The lowest BCUT2D eigenvalue weighted by atomic mass is 10.1. The molecule has 0 heterocycles. The van der Waals surface area contributed by atoms with Crippen LogP contribution in [-0.2, 0) is 42.2 Å². The molecule has 0 spiro atoms. The number of carbonyl (C=O) groups is 3. The molecular weight excluding hydrogens is 856 g/mol. The van der Waals surface area contributed by atoms with Crippen LogP contribution in [0.5, 0.6) is 0 Å². The van der Waals surface area contributed by atoms with Crippen LogP contribution in [0.15, 0.2) is 97.2 Å². The lowest BCUT2D eigenvalue weighted by Gasteiger charge is -2.21. The zero-order valence-electron chi connectivity index (χ0n) is 41.1. The van der Waals surface area contributed by atoms with Gasteiger partial charge in [0.05, 0.1) is 19.8 Å². The van der Waals surface area contributed by atoms with E-state index in [1.165, 1.54) is 0 Å². The predicted molar refractivity (Wildman–Crippen MR) is 270 cm³/mol. The Labute approximate surface area is 400 Å². The Morgan fingerprint density at radius 1 is 0.439 bits per heavy atom. The van der Waals surface area contributed by atoms with Gasteiger partial charge in [0.2, 0.25) is 0 Å². The average Bonchev–Trinajstić information content (AvgIpc) is 3.30. The predicted octanol–water partition coefficient (Wildman–Crippen LogP) is 14.1. The second kappa shape index (κ2) is 47.9. The standard InChI is InChI=1S/C54H89O11P/c1-4-7-10-13-16-19-22-25-28-31-34-37-40-43-52(56)61-47-51(65-54(58)45-42-39-36-33-30-27-24-21-18-15-12-9-6-3)49-63-66(59,60)62-48-50(46-55)64-53(57)44-41-38-35-32-29-26-23-20-17-14-11-8-5-2/h7,9-12,14,16,18-21,23,25,27-28,30,50-51,55H,4-6,8,13,15,17,22,24,26,29,31-49H2,1-3H3,(H,59,60)/b10-7-,12-9-,14-11-,19-16-,21-18-,23-20-,28-25-,30-27-. The molecule has 0 aliphatic carbocycles. The SMILES string of the molecule is CC/C=C\C/C=C\C/C=C\CCCCCC(=O)OCC(COP(=O)(O)OCC(CO)OC(=O)CCCCCCC/C=C\C/C=C\CCC)OC(=O)CCCCC/C=C\C/C=C\C/C=C\CC. The van der Waals surface area contributed by atoms with E-state index in [1.54, 1.807) is 0 Å². The van der Waals surface area contributed by atoms with Crippen molar-refractivity contribution >= 4 is 25.7 Å². The van der Waals surface area contributed by atoms with Crippen LogP contribution in [0.1, 0.15) is 188 Å². The molecule has 0 rings (SSSR count). The van der Waals surface area contributed by atoms with Crippen molar-refractivity contribution in [1.29, 1.82) is 0 Å². The maximum atomic E-state index is 12.8. The molecule has 3 unspecified atom stereocenters. The maximum Gasteiger partial charge on any atom is 0.472 e. The van der Waals surface area contributed by atoms with Gasteiger partial charge in [-0.3, -0.25) is 23.4 Å². The average molecular weight is 945 g/mol. The third kappa shape index (κ3) is 45.6. The number of phosphoric acid groups is 1. The highest BCUT2D eigenvalue weighted by Gasteiger charge is 2.28. The Kier molecular flexibility index (Phi) is 45.3. The summed E-state index contributed by atoms with van der Waals surface area (Å²) < 4.78 is 39.2. The van der Waals surface area contributed by atoms with Crippen LogP contribution in [0.25, 0.3) is 0 Å². The monoisotopic (exact) mass is 945 g/mol. The fraction of sp³-hybridized carbons (Fsp3) is 0.648. The van der Waals surface area contributed by atoms with Crippen LogP contribution in [-0.4, -0.2) is 66.5 Å². The van der Waals surface area contributed by atoms with Crippen molar-refractivity contribution in [2.75, 3.05) is 26.4 Å². The molecule has 0 radical (unpaired) electrons. The van der Waals surface area contributed by atoms with Crippen LogP contribution >= 0.6 is 7.82 Å². The highest BCUT2D eigenvalue weighted by atomic mass is 31.2. The maximum absolute atomic E-state index is 12.8. The summed E-state index contributed by atoms with van der Waals surface area (Å²) >= 11 is 0. The molecule has 0 bridgehead atoms. The van der Waals surface area contributed by atoms with Crippen molar-refractivity contribution in [1.82, 2.24) is 0 Å². The summed E-state index contributed by atoms with van der Waals surface area (Å²) in [6.07, 6.45) is 53.9. The van der Waals surface area contributed by atoms with Crippen molar-refractivity contribution in [2.45, 2.75) is 200 Å². The molecule has 0 fully saturated rings.